The molecule has 3 aromatic rings. The number of phenolic OH excluding ortho intramolecular Hbond substituents is 2. The molecule has 0 atom stereocenters. The molecule has 7 heteroatoms. The fraction of sp³-hybridized carbons (Fsp3) is 0. The van der Waals surface area contributed by atoms with Gasteiger partial charge in [0, 0.05) is 11.6 Å². The highest BCUT2D eigenvalue weighted by atomic mass is 79.9. The molecule has 0 saturated carbocycles. The zero-order valence-corrected chi connectivity index (χ0v) is 13.4. The number of nitrogens with zero attached hydrogens (tertiary/aromatic N) is 1. The number of benzene rings is 2. The van der Waals surface area contributed by atoms with E-state index in [1.807, 2.05) is 0 Å². The Morgan fingerprint density at radius 1 is 1.09 bits per heavy atom. The molecule has 5 nitrogen and oxygen atoms in total. The van der Waals surface area contributed by atoms with Crippen LogP contribution < -0.4 is 4.74 Å². The molecule has 3 rings (SSSR count). The second-order valence-electron chi connectivity index (χ2n) is 4.45. The fourth-order valence-electron chi connectivity index (χ4n) is 1.94. The fourth-order valence-corrected chi connectivity index (χ4v) is 2.45. The molecule has 0 bridgehead atoms. The van der Waals surface area contributed by atoms with Crippen molar-refractivity contribution in [3.8, 4) is 34.3 Å². The Morgan fingerprint density at radius 2 is 1.86 bits per heavy atom. The van der Waals surface area contributed by atoms with E-state index in [0.717, 1.165) is 0 Å². The maximum absolute atomic E-state index is 10.0. The van der Waals surface area contributed by atoms with Gasteiger partial charge in [0.1, 0.15) is 22.9 Å². The Morgan fingerprint density at radius 3 is 2.64 bits per heavy atom. The van der Waals surface area contributed by atoms with Crippen LogP contribution in [0.15, 0.2) is 47.1 Å². The molecule has 0 saturated heterocycles. The van der Waals surface area contributed by atoms with Crippen molar-refractivity contribution in [2.45, 2.75) is 0 Å². The van der Waals surface area contributed by atoms with Crippen LogP contribution in [0.2, 0.25) is 5.02 Å². The number of rotatable bonds is 3. The topological polar surface area (TPSA) is 78.4 Å². The maximum atomic E-state index is 10.0. The number of aromatic hydroxyl groups is 2. The molecule has 1 aromatic heterocycles. The summed E-state index contributed by atoms with van der Waals surface area (Å²) in [5.41, 5.74) is 0.811. The van der Waals surface area contributed by atoms with E-state index in [0.29, 0.717) is 32.3 Å². The van der Waals surface area contributed by atoms with Crippen molar-refractivity contribution >= 4 is 27.5 Å². The van der Waals surface area contributed by atoms with E-state index in [-0.39, 0.29) is 11.5 Å². The zero-order chi connectivity index (χ0) is 15.7. The van der Waals surface area contributed by atoms with Crippen LogP contribution in [-0.4, -0.2) is 20.4 Å². The quantitative estimate of drug-likeness (QED) is 0.614. The minimum absolute atomic E-state index is 0.0645. The summed E-state index contributed by atoms with van der Waals surface area (Å²) in [5, 5.41) is 26.8. The number of aromatic amines is 1. The van der Waals surface area contributed by atoms with Crippen molar-refractivity contribution in [1.82, 2.24) is 10.2 Å². The van der Waals surface area contributed by atoms with Gasteiger partial charge in [-0.05, 0) is 34.1 Å². The molecule has 0 fully saturated rings. The third-order valence-corrected chi connectivity index (χ3v) is 3.93. The molecule has 0 aliphatic carbocycles. The van der Waals surface area contributed by atoms with Gasteiger partial charge in [0.25, 0.3) is 0 Å². The first-order valence-corrected chi connectivity index (χ1v) is 7.41. The first-order valence-electron chi connectivity index (χ1n) is 6.24. The Balaban J connectivity index is 2.03. The number of aromatic nitrogens is 2. The van der Waals surface area contributed by atoms with Crippen LogP contribution in [-0.2, 0) is 0 Å². The van der Waals surface area contributed by atoms with Crippen LogP contribution in [0.4, 0.5) is 0 Å². The van der Waals surface area contributed by atoms with Crippen LogP contribution in [0.3, 0.4) is 0 Å². The van der Waals surface area contributed by atoms with E-state index in [1.165, 1.54) is 6.07 Å². The first-order chi connectivity index (χ1) is 10.6. The Kier molecular flexibility index (Phi) is 3.96. The van der Waals surface area contributed by atoms with Gasteiger partial charge in [0.15, 0.2) is 5.75 Å². The van der Waals surface area contributed by atoms with E-state index >= 15 is 0 Å². The minimum atomic E-state index is -0.114. The number of hydrogen-bond acceptors (Lipinski definition) is 4. The van der Waals surface area contributed by atoms with Gasteiger partial charge in [-0.25, -0.2) is 0 Å². The first kappa shape index (κ1) is 14.7. The lowest BCUT2D eigenvalue weighted by atomic mass is 10.1. The lowest BCUT2D eigenvalue weighted by molar-refractivity contribution is 0.448. The second-order valence-corrected chi connectivity index (χ2v) is 5.71. The molecule has 0 radical (unpaired) electrons. The van der Waals surface area contributed by atoms with Gasteiger partial charge < -0.3 is 14.9 Å². The number of nitrogens with one attached hydrogen (secondary N) is 1. The number of phenols is 2. The molecule has 0 amide bonds. The number of hydrogen-bond donors (Lipinski definition) is 3. The number of ether oxygens (including phenoxy) is 1. The summed E-state index contributed by atoms with van der Waals surface area (Å²) >= 11 is 9.28. The molecule has 1 heterocycles. The van der Waals surface area contributed by atoms with Crippen LogP contribution in [0.5, 0.6) is 23.0 Å². The van der Waals surface area contributed by atoms with E-state index in [4.69, 9.17) is 16.3 Å². The molecule has 0 unspecified atom stereocenters. The second kappa shape index (κ2) is 5.90. The number of para-hydroxylation sites is 1. The van der Waals surface area contributed by atoms with E-state index in [2.05, 4.69) is 26.1 Å². The van der Waals surface area contributed by atoms with Crippen LogP contribution in [0.1, 0.15) is 0 Å². The van der Waals surface area contributed by atoms with Crippen LogP contribution in [0, 0.1) is 0 Å². The average molecular weight is 382 g/mol. The predicted molar refractivity (Wildman–Crippen MR) is 86.6 cm³/mol. The summed E-state index contributed by atoms with van der Waals surface area (Å²) in [6.07, 6.45) is 1.55. The van der Waals surface area contributed by atoms with Crippen LogP contribution >= 0.6 is 27.5 Å². The molecule has 112 valence electrons. The van der Waals surface area contributed by atoms with E-state index < -0.39 is 0 Å². The van der Waals surface area contributed by atoms with Gasteiger partial charge in [-0.1, -0.05) is 23.7 Å². The molecule has 0 spiro atoms. The standard InChI is InChI=1S/C15H10BrClN2O3/c16-9-5-8(11(20)6-12(9)21)15-14(7-18-19-15)22-13-4-2-1-3-10(13)17/h1-7,20-21H,(H,18,19). The molecule has 0 aliphatic heterocycles. The number of halogens is 2. The Bertz CT molecular complexity index is 835. The SMILES string of the molecule is Oc1cc(O)c(-c2n[nH]cc2Oc2ccccc2Cl)cc1Br. The lowest BCUT2D eigenvalue weighted by Gasteiger charge is -2.09. The predicted octanol–water partition coefficient (Wildman–Crippen LogP) is 4.70. The average Bonchev–Trinajstić information content (AvgIpc) is 2.93. The Hall–Kier alpha value is -2.18. The highest BCUT2D eigenvalue weighted by Gasteiger charge is 2.17. The maximum Gasteiger partial charge on any atom is 0.173 e. The molecule has 0 aliphatic rings. The van der Waals surface area contributed by atoms with Gasteiger partial charge in [-0.3, -0.25) is 5.10 Å². The van der Waals surface area contributed by atoms with Gasteiger partial charge >= 0.3 is 0 Å². The molecule has 2 aromatic carbocycles. The summed E-state index contributed by atoms with van der Waals surface area (Å²) < 4.78 is 6.18. The molecular formula is C15H10BrClN2O3. The van der Waals surface area contributed by atoms with Crippen molar-refractivity contribution in [3.05, 3.63) is 52.1 Å². The largest absolute Gasteiger partial charge is 0.507 e. The van der Waals surface area contributed by atoms with Crippen molar-refractivity contribution in [3.63, 3.8) is 0 Å². The van der Waals surface area contributed by atoms with Gasteiger partial charge in [0.2, 0.25) is 0 Å². The molecule has 3 N–H and O–H groups in total. The van der Waals surface area contributed by atoms with E-state index in [9.17, 15) is 10.2 Å². The highest BCUT2D eigenvalue weighted by Crippen LogP contribution is 2.41. The summed E-state index contributed by atoms with van der Waals surface area (Å²) in [4.78, 5) is 0. The van der Waals surface area contributed by atoms with Gasteiger partial charge in [-0.15, -0.1) is 0 Å². The van der Waals surface area contributed by atoms with Crippen molar-refractivity contribution < 1.29 is 14.9 Å². The van der Waals surface area contributed by atoms with E-state index in [1.54, 1.807) is 36.5 Å². The molecular weight excluding hydrogens is 372 g/mol. The number of H-pyrrole nitrogens is 1. The highest BCUT2D eigenvalue weighted by molar-refractivity contribution is 9.10. The summed E-state index contributed by atoms with van der Waals surface area (Å²) in [5.74, 6) is 0.701. The normalized spacial score (nSPS) is 10.6. The van der Waals surface area contributed by atoms with Gasteiger partial charge in [0.05, 0.1) is 15.7 Å². The smallest absolute Gasteiger partial charge is 0.173 e. The minimum Gasteiger partial charge on any atom is -0.507 e. The summed E-state index contributed by atoms with van der Waals surface area (Å²) in [6.45, 7) is 0. The Labute approximate surface area is 139 Å². The monoisotopic (exact) mass is 380 g/mol. The third kappa shape index (κ3) is 2.75. The summed E-state index contributed by atoms with van der Waals surface area (Å²) in [7, 11) is 0. The summed E-state index contributed by atoms with van der Waals surface area (Å²) in [6, 6.07) is 9.83. The van der Waals surface area contributed by atoms with Crippen molar-refractivity contribution in [1.29, 1.82) is 0 Å². The third-order valence-electron chi connectivity index (χ3n) is 2.98. The van der Waals surface area contributed by atoms with Crippen molar-refractivity contribution in [2.75, 3.05) is 0 Å². The molecule has 22 heavy (non-hydrogen) atoms. The van der Waals surface area contributed by atoms with Gasteiger partial charge in [-0.2, -0.15) is 5.10 Å². The van der Waals surface area contributed by atoms with Crippen LogP contribution in [0.25, 0.3) is 11.3 Å². The lowest BCUT2D eigenvalue weighted by Crippen LogP contribution is -1.88. The van der Waals surface area contributed by atoms with Crippen molar-refractivity contribution in [2.24, 2.45) is 0 Å². The zero-order valence-electron chi connectivity index (χ0n) is 11.0.